The fourth-order valence-electron chi connectivity index (χ4n) is 4.92. The number of hydrogen-bond acceptors (Lipinski definition) is 3. The van der Waals surface area contributed by atoms with Crippen LogP contribution in [-0.2, 0) is 9.59 Å². The van der Waals surface area contributed by atoms with Gasteiger partial charge in [0.2, 0.25) is 6.41 Å². The zero-order chi connectivity index (χ0) is 19.2. The predicted octanol–water partition coefficient (Wildman–Crippen LogP) is 4.58. The number of likely N-dealkylation sites (tertiary alicyclic amines) is 2. The van der Waals surface area contributed by atoms with Gasteiger partial charge in [-0.05, 0) is 67.1 Å². The monoisotopic (exact) mass is 390 g/mol. The van der Waals surface area contributed by atoms with Gasteiger partial charge >= 0.3 is 0 Å². The summed E-state index contributed by atoms with van der Waals surface area (Å²) in [5.74, 6) is 1.42. The van der Waals surface area contributed by atoms with Crippen LogP contribution in [0.5, 0.6) is 0 Å². The van der Waals surface area contributed by atoms with Gasteiger partial charge in [0, 0.05) is 31.2 Å². The first-order valence-corrected chi connectivity index (χ1v) is 11.6. The SMILES string of the molecule is C=C(S/C=C(\CC)C(=O)N1CCCC2CCCCC21)C1CCN(C=O)CC1. The molecule has 2 saturated heterocycles. The Labute approximate surface area is 168 Å². The minimum Gasteiger partial charge on any atom is -0.345 e. The molecule has 0 aromatic carbocycles. The highest BCUT2D eigenvalue weighted by atomic mass is 32.2. The molecule has 1 aliphatic carbocycles. The molecule has 4 nitrogen and oxygen atoms in total. The molecule has 0 bridgehead atoms. The van der Waals surface area contributed by atoms with Crippen LogP contribution in [0.15, 0.2) is 22.5 Å². The lowest BCUT2D eigenvalue weighted by Crippen LogP contribution is -2.50. The third-order valence-corrected chi connectivity index (χ3v) is 7.68. The summed E-state index contributed by atoms with van der Waals surface area (Å²) in [6.07, 6.45) is 11.2. The van der Waals surface area contributed by atoms with Crippen LogP contribution < -0.4 is 0 Å². The molecule has 150 valence electrons. The average molecular weight is 391 g/mol. The molecule has 2 atom stereocenters. The number of piperidine rings is 2. The number of hydrogen-bond donors (Lipinski definition) is 0. The van der Waals surface area contributed by atoms with E-state index in [-0.39, 0.29) is 5.91 Å². The van der Waals surface area contributed by atoms with Gasteiger partial charge in [0.15, 0.2) is 0 Å². The minimum atomic E-state index is 0.255. The summed E-state index contributed by atoms with van der Waals surface area (Å²) in [5.41, 5.74) is 0.928. The van der Waals surface area contributed by atoms with Gasteiger partial charge in [0.25, 0.3) is 5.91 Å². The van der Waals surface area contributed by atoms with E-state index in [9.17, 15) is 9.59 Å². The van der Waals surface area contributed by atoms with Crippen LogP contribution >= 0.6 is 11.8 Å². The van der Waals surface area contributed by atoms with Gasteiger partial charge in [-0.2, -0.15) is 0 Å². The Hall–Kier alpha value is -1.23. The van der Waals surface area contributed by atoms with Gasteiger partial charge in [-0.3, -0.25) is 9.59 Å². The van der Waals surface area contributed by atoms with Gasteiger partial charge in [-0.1, -0.05) is 26.3 Å². The van der Waals surface area contributed by atoms with E-state index in [1.165, 1.54) is 32.1 Å². The van der Waals surface area contributed by atoms with Crippen molar-refractivity contribution in [1.29, 1.82) is 0 Å². The molecule has 0 aromatic rings. The van der Waals surface area contributed by atoms with E-state index in [4.69, 9.17) is 0 Å². The van der Waals surface area contributed by atoms with Crippen LogP contribution in [0.3, 0.4) is 0 Å². The summed E-state index contributed by atoms with van der Waals surface area (Å²) in [5, 5.41) is 2.06. The Bertz CT molecular complexity index is 579. The number of amides is 2. The Balaban J connectivity index is 1.59. The van der Waals surface area contributed by atoms with Crippen molar-refractivity contribution >= 4 is 24.1 Å². The molecule has 3 rings (SSSR count). The Morgan fingerprint density at radius 1 is 1.07 bits per heavy atom. The smallest absolute Gasteiger partial charge is 0.250 e. The Morgan fingerprint density at radius 3 is 2.48 bits per heavy atom. The fourth-order valence-corrected chi connectivity index (χ4v) is 5.91. The molecule has 27 heavy (non-hydrogen) atoms. The Morgan fingerprint density at radius 2 is 1.78 bits per heavy atom. The molecule has 0 radical (unpaired) electrons. The summed E-state index contributed by atoms with van der Waals surface area (Å²) < 4.78 is 0. The van der Waals surface area contributed by atoms with Crippen LogP contribution in [0.4, 0.5) is 0 Å². The van der Waals surface area contributed by atoms with Crippen LogP contribution in [-0.4, -0.2) is 47.8 Å². The van der Waals surface area contributed by atoms with Crippen LogP contribution in [0.1, 0.15) is 64.7 Å². The molecule has 2 aliphatic heterocycles. The van der Waals surface area contributed by atoms with Gasteiger partial charge in [0.1, 0.15) is 0 Å². The molecule has 3 fully saturated rings. The maximum atomic E-state index is 13.2. The van der Waals surface area contributed by atoms with Gasteiger partial charge in [-0.15, -0.1) is 11.8 Å². The highest BCUT2D eigenvalue weighted by Crippen LogP contribution is 2.37. The van der Waals surface area contributed by atoms with Crippen molar-refractivity contribution in [1.82, 2.24) is 9.80 Å². The minimum absolute atomic E-state index is 0.255. The first-order valence-electron chi connectivity index (χ1n) is 10.7. The lowest BCUT2D eigenvalue weighted by molar-refractivity contribution is -0.133. The highest BCUT2D eigenvalue weighted by Gasteiger charge is 2.36. The number of allylic oxidation sites excluding steroid dienone is 1. The maximum Gasteiger partial charge on any atom is 0.250 e. The first-order chi connectivity index (χ1) is 13.1. The molecular weight excluding hydrogens is 356 g/mol. The number of rotatable bonds is 6. The second-order valence-corrected chi connectivity index (χ2v) is 9.24. The molecule has 2 unspecified atom stereocenters. The second-order valence-electron chi connectivity index (χ2n) is 8.25. The first kappa shape index (κ1) is 20.5. The van der Waals surface area contributed by atoms with E-state index < -0.39 is 0 Å². The molecular formula is C22H34N2O2S. The van der Waals surface area contributed by atoms with Crippen LogP contribution in [0.25, 0.3) is 0 Å². The molecule has 2 amide bonds. The van der Waals surface area contributed by atoms with E-state index in [0.717, 1.165) is 68.1 Å². The summed E-state index contributed by atoms with van der Waals surface area (Å²) in [6, 6.07) is 0.468. The zero-order valence-electron chi connectivity index (χ0n) is 16.7. The van der Waals surface area contributed by atoms with Gasteiger partial charge in [0.05, 0.1) is 0 Å². The van der Waals surface area contributed by atoms with Gasteiger partial charge in [-0.25, -0.2) is 0 Å². The number of carbonyl (C=O) groups excluding carboxylic acids is 2. The van der Waals surface area contributed by atoms with Crippen molar-refractivity contribution in [3.8, 4) is 0 Å². The third-order valence-electron chi connectivity index (χ3n) is 6.65. The van der Waals surface area contributed by atoms with E-state index in [2.05, 4.69) is 23.8 Å². The molecule has 2 heterocycles. The lowest BCUT2D eigenvalue weighted by atomic mass is 9.78. The highest BCUT2D eigenvalue weighted by molar-refractivity contribution is 8.05. The predicted molar refractivity (Wildman–Crippen MR) is 112 cm³/mol. The number of nitrogens with zero attached hydrogens (tertiary/aromatic N) is 2. The number of fused-ring (bicyclic) bond motifs is 1. The molecule has 0 spiro atoms. The molecule has 5 heteroatoms. The van der Waals surface area contributed by atoms with Crippen LogP contribution in [0.2, 0.25) is 0 Å². The Kier molecular flexibility index (Phi) is 7.45. The van der Waals surface area contributed by atoms with E-state index in [1.807, 2.05) is 4.90 Å². The lowest BCUT2D eigenvalue weighted by Gasteiger charge is -2.44. The van der Waals surface area contributed by atoms with Crippen molar-refractivity contribution < 1.29 is 9.59 Å². The summed E-state index contributed by atoms with van der Waals surface area (Å²) in [4.78, 5) is 29.2. The van der Waals surface area contributed by atoms with Crippen LogP contribution in [0, 0.1) is 11.8 Å². The maximum absolute atomic E-state index is 13.2. The van der Waals surface area contributed by atoms with E-state index in [0.29, 0.717) is 12.0 Å². The average Bonchev–Trinajstić information content (AvgIpc) is 2.73. The number of thioether (sulfide) groups is 1. The topological polar surface area (TPSA) is 40.6 Å². The molecule has 3 aliphatic rings. The van der Waals surface area contributed by atoms with Crippen molar-refractivity contribution in [3.05, 3.63) is 22.5 Å². The van der Waals surface area contributed by atoms with E-state index in [1.54, 1.807) is 11.8 Å². The summed E-state index contributed by atoms with van der Waals surface area (Å²) in [7, 11) is 0. The summed E-state index contributed by atoms with van der Waals surface area (Å²) >= 11 is 1.64. The van der Waals surface area contributed by atoms with Crippen molar-refractivity contribution in [2.75, 3.05) is 19.6 Å². The molecule has 1 saturated carbocycles. The van der Waals surface area contributed by atoms with Crippen molar-refractivity contribution in [2.24, 2.45) is 11.8 Å². The quantitative estimate of drug-likeness (QED) is 0.492. The molecule has 0 N–H and O–H groups in total. The van der Waals surface area contributed by atoms with Crippen molar-refractivity contribution in [2.45, 2.75) is 70.8 Å². The zero-order valence-corrected chi connectivity index (χ0v) is 17.5. The molecule has 0 aromatic heterocycles. The second kappa shape index (κ2) is 9.81. The summed E-state index contributed by atoms with van der Waals surface area (Å²) in [6.45, 7) is 8.89. The normalized spacial score (nSPS) is 27.2. The standard InChI is InChI=1S/C22H34N2O2S/c1-3-18(15-27-17(2)19-10-13-23(16-25)14-11-19)22(26)24-12-6-8-20-7-4-5-9-21(20)24/h15-16,19-21H,2-14H2,1H3/b18-15+. The largest absolute Gasteiger partial charge is 0.345 e. The van der Waals surface area contributed by atoms with E-state index >= 15 is 0 Å². The van der Waals surface area contributed by atoms with Gasteiger partial charge < -0.3 is 9.80 Å². The fraction of sp³-hybridized carbons (Fsp3) is 0.727. The van der Waals surface area contributed by atoms with Crippen molar-refractivity contribution in [3.63, 3.8) is 0 Å². The third kappa shape index (κ3) is 4.98. The number of carbonyl (C=O) groups is 2.